The molecule has 0 aliphatic rings. The number of hydrogen-bond acceptors (Lipinski definition) is 6. The minimum Gasteiger partial charge on any atom is -0.494 e. The van der Waals surface area contributed by atoms with Crippen LogP contribution in [-0.2, 0) is 11.3 Å². The molecule has 1 aromatic heterocycles. The van der Waals surface area contributed by atoms with Crippen molar-refractivity contribution in [2.24, 2.45) is 0 Å². The predicted molar refractivity (Wildman–Crippen MR) is 74.5 cm³/mol. The number of benzene rings is 1. The molecular formula is C14H19N3O3. The van der Waals surface area contributed by atoms with Crippen molar-refractivity contribution in [1.29, 1.82) is 0 Å². The molecule has 0 amide bonds. The zero-order valence-electron chi connectivity index (χ0n) is 11.8. The highest BCUT2D eigenvalue weighted by molar-refractivity contribution is 5.56. The number of methoxy groups -OCH3 is 1. The smallest absolute Gasteiger partial charge is 0.240 e. The monoisotopic (exact) mass is 277 g/mol. The van der Waals surface area contributed by atoms with E-state index in [4.69, 9.17) is 14.0 Å². The van der Waals surface area contributed by atoms with E-state index in [9.17, 15) is 0 Å². The predicted octanol–water partition coefficient (Wildman–Crippen LogP) is 1.87. The summed E-state index contributed by atoms with van der Waals surface area (Å²) in [6.45, 7) is 4.50. The quantitative estimate of drug-likeness (QED) is 0.743. The highest BCUT2D eigenvalue weighted by Gasteiger charge is 2.09. The average molecular weight is 277 g/mol. The first kappa shape index (κ1) is 14.5. The van der Waals surface area contributed by atoms with Crippen molar-refractivity contribution in [3.05, 3.63) is 30.2 Å². The third-order valence-corrected chi connectivity index (χ3v) is 2.63. The fourth-order valence-corrected chi connectivity index (χ4v) is 1.71. The molecule has 0 radical (unpaired) electrons. The lowest BCUT2D eigenvalue weighted by atomic mass is 10.2. The van der Waals surface area contributed by atoms with Crippen LogP contribution in [-0.4, -0.2) is 37.0 Å². The molecule has 20 heavy (non-hydrogen) atoms. The van der Waals surface area contributed by atoms with Gasteiger partial charge in [0.25, 0.3) is 0 Å². The molecule has 0 saturated heterocycles. The normalized spacial score (nSPS) is 10.7. The lowest BCUT2D eigenvalue weighted by molar-refractivity contribution is 0.197. The summed E-state index contributed by atoms with van der Waals surface area (Å²) in [7, 11) is 1.66. The molecule has 0 spiro atoms. The van der Waals surface area contributed by atoms with E-state index in [1.165, 1.54) is 0 Å². The average Bonchev–Trinajstić information content (AvgIpc) is 2.93. The van der Waals surface area contributed by atoms with Crippen LogP contribution in [0.25, 0.3) is 11.4 Å². The Bertz CT molecular complexity index is 528. The van der Waals surface area contributed by atoms with Gasteiger partial charge in [-0.25, -0.2) is 0 Å². The topological polar surface area (TPSA) is 69.4 Å². The molecule has 1 heterocycles. The lowest BCUT2D eigenvalue weighted by Crippen LogP contribution is -2.18. The molecule has 6 heteroatoms. The Hall–Kier alpha value is -1.92. The maximum Gasteiger partial charge on any atom is 0.240 e. The first-order valence-corrected chi connectivity index (χ1v) is 6.59. The number of ether oxygens (including phenoxy) is 2. The van der Waals surface area contributed by atoms with Crippen molar-refractivity contribution >= 4 is 0 Å². The van der Waals surface area contributed by atoms with Crippen molar-refractivity contribution < 1.29 is 14.0 Å². The van der Waals surface area contributed by atoms with Crippen LogP contribution in [0, 0.1) is 0 Å². The van der Waals surface area contributed by atoms with Gasteiger partial charge < -0.3 is 19.3 Å². The number of nitrogens with zero attached hydrogens (tertiary/aromatic N) is 2. The van der Waals surface area contributed by atoms with E-state index in [0.29, 0.717) is 31.5 Å². The first-order valence-electron chi connectivity index (χ1n) is 6.59. The third-order valence-electron chi connectivity index (χ3n) is 2.63. The minimum absolute atomic E-state index is 0.529. The Morgan fingerprint density at radius 2 is 2.25 bits per heavy atom. The van der Waals surface area contributed by atoms with E-state index in [-0.39, 0.29) is 0 Å². The minimum atomic E-state index is 0.529. The van der Waals surface area contributed by atoms with E-state index >= 15 is 0 Å². The van der Waals surface area contributed by atoms with Gasteiger partial charge in [-0.1, -0.05) is 17.3 Å². The highest BCUT2D eigenvalue weighted by atomic mass is 16.5. The third kappa shape index (κ3) is 4.04. The van der Waals surface area contributed by atoms with Crippen molar-refractivity contribution in [1.82, 2.24) is 15.5 Å². The zero-order chi connectivity index (χ0) is 14.2. The van der Waals surface area contributed by atoms with Crippen molar-refractivity contribution in [3.63, 3.8) is 0 Å². The van der Waals surface area contributed by atoms with E-state index in [2.05, 4.69) is 15.5 Å². The molecule has 0 saturated carbocycles. The second-order valence-corrected chi connectivity index (χ2v) is 4.14. The molecule has 2 rings (SSSR count). The fraction of sp³-hybridized carbons (Fsp3) is 0.429. The summed E-state index contributed by atoms with van der Waals surface area (Å²) in [5.41, 5.74) is 0.878. The Morgan fingerprint density at radius 3 is 3.05 bits per heavy atom. The van der Waals surface area contributed by atoms with Crippen molar-refractivity contribution in [2.75, 3.05) is 26.9 Å². The second kappa shape index (κ2) is 7.62. The summed E-state index contributed by atoms with van der Waals surface area (Å²) >= 11 is 0. The summed E-state index contributed by atoms with van der Waals surface area (Å²) in [5, 5.41) is 7.13. The number of nitrogens with one attached hydrogen (secondary N) is 1. The Labute approximate surface area is 118 Å². The van der Waals surface area contributed by atoms with Crippen molar-refractivity contribution in [3.8, 4) is 17.1 Å². The van der Waals surface area contributed by atoms with Gasteiger partial charge in [-0.3, -0.25) is 0 Å². The summed E-state index contributed by atoms with van der Waals surface area (Å²) in [6, 6.07) is 7.64. The highest BCUT2D eigenvalue weighted by Crippen LogP contribution is 2.21. The van der Waals surface area contributed by atoms with Crippen LogP contribution in [0.15, 0.2) is 28.8 Å². The molecule has 0 aliphatic heterocycles. The van der Waals surface area contributed by atoms with Gasteiger partial charge in [-0.15, -0.1) is 0 Å². The SMILES string of the molecule is CCOc1cccc(-c2noc(CNCCOC)n2)c1. The summed E-state index contributed by atoms with van der Waals surface area (Å²) < 4.78 is 15.6. The maximum atomic E-state index is 5.45. The number of hydrogen-bond donors (Lipinski definition) is 1. The standard InChI is InChI=1S/C14H19N3O3/c1-3-19-12-6-4-5-11(9-12)14-16-13(20-17-14)10-15-7-8-18-2/h4-6,9,15H,3,7-8,10H2,1-2H3. The van der Waals surface area contributed by atoms with E-state index in [1.54, 1.807) is 7.11 Å². The maximum absolute atomic E-state index is 5.45. The summed E-state index contributed by atoms with van der Waals surface area (Å²) in [4.78, 5) is 4.34. The zero-order valence-corrected chi connectivity index (χ0v) is 11.8. The molecule has 0 fully saturated rings. The van der Waals surface area contributed by atoms with Crippen LogP contribution in [0.2, 0.25) is 0 Å². The van der Waals surface area contributed by atoms with Gasteiger partial charge in [-0.2, -0.15) is 4.98 Å². The van der Waals surface area contributed by atoms with Crippen LogP contribution in [0.1, 0.15) is 12.8 Å². The van der Waals surface area contributed by atoms with Gasteiger partial charge >= 0.3 is 0 Å². The molecule has 6 nitrogen and oxygen atoms in total. The molecule has 2 aromatic rings. The largest absolute Gasteiger partial charge is 0.494 e. The first-order chi connectivity index (χ1) is 9.83. The molecule has 0 unspecified atom stereocenters. The van der Waals surface area contributed by atoms with Crippen LogP contribution in [0.5, 0.6) is 5.75 Å². The molecule has 1 aromatic carbocycles. The van der Waals surface area contributed by atoms with Gasteiger partial charge in [-0.05, 0) is 19.1 Å². The summed E-state index contributed by atoms with van der Waals surface area (Å²) in [6.07, 6.45) is 0. The van der Waals surface area contributed by atoms with Crippen LogP contribution >= 0.6 is 0 Å². The second-order valence-electron chi connectivity index (χ2n) is 4.14. The Balaban J connectivity index is 1.99. The summed E-state index contributed by atoms with van der Waals surface area (Å²) in [5.74, 6) is 1.92. The molecule has 1 N–H and O–H groups in total. The van der Waals surface area contributed by atoms with E-state index in [0.717, 1.165) is 17.9 Å². The van der Waals surface area contributed by atoms with Crippen LogP contribution in [0.3, 0.4) is 0 Å². The van der Waals surface area contributed by atoms with E-state index in [1.807, 2.05) is 31.2 Å². The van der Waals surface area contributed by atoms with Crippen LogP contribution < -0.4 is 10.1 Å². The van der Waals surface area contributed by atoms with Gasteiger partial charge in [0, 0.05) is 19.2 Å². The molecule has 0 aliphatic carbocycles. The molecule has 108 valence electrons. The van der Waals surface area contributed by atoms with Gasteiger partial charge in [0.15, 0.2) is 0 Å². The Morgan fingerprint density at radius 1 is 1.35 bits per heavy atom. The van der Waals surface area contributed by atoms with Crippen molar-refractivity contribution in [2.45, 2.75) is 13.5 Å². The van der Waals surface area contributed by atoms with E-state index < -0.39 is 0 Å². The molecule has 0 bridgehead atoms. The molecular weight excluding hydrogens is 258 g/mol. The lowest BCUT2D eigenvalue weighted by Gasteiger charge is -2.03. The number of aromatic nitrogens is 2. The van der Waals surface area contributed by atoms with Gasteiger partial charge in [0.2, 0.25) is 11.7 Å². The molecule has 0 atom stereocenters. The number of rotatable bonds is 8. The van der Waals surface area contributed by atoms with Crippen LogP contribution in [0.4, 0.5) is 0 Å². The Kier molecular flexibility index (Phi) is 5.52. The fourth-order valence-electron chi connectivity index (χ4n) is 1.71. The van der Waals surface area contributed by atoms with Gasteiger partial charge in [0.1, 0.15) is 5.75 Å². The van der Waals surface area contributed by atoms with Gasteiger partial charge in [0.05, 0.1) is 19.8 Å².